The molecule has 0 aromatic heterocycles. The molecular weight excluding hydrogens is 210 g/mol. The third-order valence-electron chi connectivity index (χ3n) is 0. The van der Waals surface area contributed by atoms with Crippen molar-refractivity contribution in [2.24, 2.45) is 0 Å². The largest absolute Gasteiger partial charge is 1.00 e. The van der Waals surface area contributed by atoms with Crippen molar-refractivity contribution >= 4 is 0 Å². The van der Waals surface area contributed by atoms with E-state index in [1.165, 1.54) is 0 Å². The van der Waals surface area contributed by atoms with Crippen LogP contribution in [-0.2, 0) is 32.7 Å². The molecule has 0 unspecified atom stereocenters. The minimum Gasteiger partial charge on any atom is -0.358 e. The van der Waals surface area contributed by atoms with Gasteiger partial charge in [0.25, 0.3) is 0 Å². The fourth-order valence-corrected chi connectivity index (χ4v) is 0. The van der Waals surface area contributed by atoms with Gasteiger partial charge in [-0.15, -0.1) is 0 Å². The van der Waals surface area contributed by atoms with E-state index in [0.717, 1.165) is 0 Å². The standard InChI is InChI=1S/C2H5.CH3.Rb.Y/c1-2;;;/h1H2,2H3;1H3;;/q2*-1;+1;. The van der Waals surface area contributed by atoms with Crippen molar-refractivity contribution in [1.82, 2.24) is 0 Å². The molecule has 0 bridgehead atoms. The Balaban J connectivity index is -0.00000000167. The number of rotatable bonds is 0. The van der Waals surface area contributed by atoms with Crippen LogP contribution < -0.4 is 58.2 Å². The zero-order valence-corrected chi connectivity index (χ0v) is 12.0. The Morgan fingerprint density at radius 1 is 1.20 bits per heavy atom. The molecule has 0 saturated heterocycles. The van der Waals surface area contributed by atoms with Crippen LogP contribution in [0.25, 0.3) is 0 Å². The smallest absolute Gasteiger partial charge is 0.358 e. The predicted molar refractivity (Wildman–Crippen MR) is 17.4 cm³/mol. The summed E-state index contributed by atoms with van der Waals surface area (Å²) in [6.45, 7) is 5.00. The summed E-state index contributed by atoms with van der Waals surface area (Å²) < 4.78 is 0. The molecule has 25 valence electrons. The minimum absolute atomic E-state index is 0. The molecule has 0 rings (SSSR count). The van der Waals surface area contributed by atoms with Crippen LogP contribution in [-0.4, -0.2) is 0 Å². The van der Waals surface area contributed by atoms with Crippen LogP contribution in [0, 0.1) is 14.4 Å². The Labute approximate surface area is 109 Å². The van der Waals surface area contributed by atoms with Gasteiger partial charge in [0.1, 0.15) is 0 Å². The first-order valence-electron chi connectivity index (χ1n) is 0.707. The molecule has 0 aliphatic carbocycles. The molecule has 0 heterocycles. The zero-order chi connectivity index (χ0) is 2.00. The molecule has 2 heteroatoms. The van der Waals surface area contributed by atoms with E-state index in [4.69, 9.17) is 0 Å². The van der Waals surface area contributed by atoms with Crippen molar-refractivity contribution in [2.75, 3.05) is 0 Å². The third-order valence-corrected chi connectivity index (χ3v) is 0. The van der Waals surface area contributed by atoms with E-state index in [-0.39, 0.29) is 98.3 Å². The van der Waals surface area contributed by atoms with Crippen molar-refractivity contribution in [3.05, 3.63) is 14.4 Å². The first-order chi connectivity index (χ1) is 1.00. The van der Waals surface area contributed by atoms with Gasteiger partial charge in [-0.05, 0) is 0 Å². The van der Waals surface area contributed by atoms with Gasteiger partial charge in [0, 0.05) is 32.7 Å². The van der Waals surface area contributed by atoms with Crippen molar-refractivity contribution in [2.45, 2.75) is 6.92 Å². The topological polar surface area (TPSA) is 0 Å². The van der Waals surface area contributed by atoms with E-state index in [1.54, 1.807) is 6.92 Å². The monoisotopic (exact) mass is 218 g/mol. The Bertz CT molecular complexity index is 6.85. The number of hydrogen-bond donors (Lipinski definition) is 0. The summed E-state index contributed by atoms with van der Waals surface area (Å²) in [5.41, 5.74) is 0. The minimum atomic E-state index is 0. The van der Waals surface area contributed by atoms with Gasteiger partial charge in [0.05, 0.1) is 0 Å². The van der Waals surface area contributed by atoms with Crippen LogP contribution in [0.2, 0.25) is 0 Å². The van der Waals surface area contributed by atoms with Crippen molar-refractivity contribution < 1.29 is 90.9 Å². The molecule has 0 aromatic rings. The first-order valence-corrected chi connectivity index (χ1v) is 0.707. The van der Waals surface area contributed by atoms with Crippen LogP contribution in [0.15, 0.2) is 0 Å². The second-order valence-corrected chi connectivity index (χ2v) is 0. The molecule has 0 aliphatic rings. The van der Waals surface area contributed by atoms with E-state index >= 15 is 0 Å². The average molecular weight is 218 g/mol. The fourth-order valence-electron chi connectivity index (χ4n) is 0. The van der Waals surface area contributed by atoms with Crippen LogP contribution in [0.1, 0.15) is 6.92 Å². The van der Waals surface area contributed by atoms with Gasteiger partial charge >= 0.3 is 58.2 Å². The third kappa shape index (κ3) is 19.7. The average Bonchev–Trinajstić information content (AvgIpc) is 1.00. The van der Waals surface area contributed by atoms with Gasteiger partial charge in [-0.2, -0.15) is 6.92 Å². The molecule has 1 radical (unpaired) electrons. The maximum absolute atomic E-state index is 3.25. The quantitative estimate of drug-likeness (QED) is 0.425. The van der Waals surface area contributed by atoms with Gasteiger partial charge < -0.3 is 14.4 Å². The normalized spacial score (nSPS) is 1.20. The van der Waals surface area contributed by atoms with Crippen LogP contribution in [0.3, 0.4) is 0 Å². The van der Waals surface area contributed by atoms with Gasteiger partial charge in [-0.3, -0.25) is 0 Å². The van der Waals surface area contributed by atoms with Crippen LogP contribution in [0.5, 0.6) is 0 Å². The van der Waals surface area contributed by atoms with Gasteiger partial charge in [-0.1, -0.05) is 0 Å². The van der Waals surface area contributed by atoms with Crippen LogP contribution in [0.4, 0.5) is 0 Å². The van der Waals surface area contributed by atoms with Crippen molar-refractivity contribution in [3.8, 4) is 0 Å². The zero-order valence-electron chi connectivity index (χ0n) is 4.28. The molecule has 0 amide bonds. The summed E-state index contributed by atoms with van der Waals surface area (Å²) in [5, 5.41) is 0. The SMILES string of the molecule is [CH2-]C.[CH3-].[Rb+].[Y]. The maximum atomic E-state index is 3.25. The summed E-state index contributed by atoms with van der Waals surface area (Å²) in [6, 6.07) is 0. The Morgan fingerprint density at radius 2 is 1.20 bits per heavy atom. The first kappa shape index (κ1) is 24.7. The summed E-state index contributed by atoms with van der Waals surface area (Å²) in [4.78, 5) is 0. The van der Waals surface area contributed by atoms with Gasteiger partial charge in [0.2, 0.25) is 0 Å². The molecule has 0 aromatic carbocycles. The molecule has 0 aliphatic heterocycles. The van der Waals surface area contributed by atoms with Crippen molar-refractivity contribution in [3.63, 3.8) is 0 Å². The summed E-state index contributed by atoms with van der Waals surface area (Å²) in [5.74, 6) is 0. The molecule has 0 N–H and O–H groups in total. The van der Waals surface area contributed by atoms with Gasteiger partial charge in [-0.25, -0.2) is 0 Å². The molecule has 0 fully saturated rings. The molecule has 0 saturated carbocycles. The van der Waals surface area contributed by atoms with Crippen molar-refractivity contribution in [1.29, 1.82) is 0 Å². The van der Waals surface area contributed by atoms with E-state index < -0.39 is 0 Å². The molecule has 0 nitrogen and oxygen atoms in total. The maximum Gasteiger partial charge on any atom is 1.00 e. The summed E-state index contributed by atoms with van der Waals surface area (Å²) in [7, 11) is 0. The van der Waals surface area contributed by atoms with E-state index in [0.29, 0.717) is 0 Å². The second-order valence-electron chi connectivity index (χ2n) is 0. The van der Waals surface area contributed by atoms with E-state index in [1.807, 2.05) is 0 Å². The van der Waals surface area contributed by atoms with E-state index in [9.17, 15) is 0 Å². The Morgan fingerprint density at radius 3 is 1.20 bits per heavy atom. The predicted octanol–water partition coefficient (Wildman–Crippen LogP) is -1.71. The Hall–Kier alpha value is 2.91. The second kappa shape index (κ2) is 28.5. The summed E-state index contributed by atoms with van der Waals surface area (Å²) >= 11 is 0. The Kier molecular flexibility index (Phi) is 141. The molecule has 0 spiro atoms. The summed E-state index contributed by atoms with van der Waals surface area (Å²) in [6.07, 6.45) is 0. The molecular formula is C3H8RbY-. The fraction of sp³-hybridized carbons (Fsp3) is 0.333. The van der Waals surface area contributed by atoms with Gasteiger partial charge in [0.15, 0.2) is 0 Å². The molecule has 5 heavy (non-hydrogen) atoms. The molecule has 0 atom stereocenters. The van der Waals surface area contributed by atoms with Crippen LogP contribution >= 0.6 is 0 Å². The van der Waals surface area contributed by atoms with E-state index in [2.05, 4.69) is 6.92 Å². The number of hydrogen-bond acceptors (Lipinski definition) is 0.